The number of halogens is 3. The average molecular weight is 268 g/mol. The van der Waals surface area contributed by atoms with Crippen LogP contribution in [0.15, 0.2) is 42.5 Å². The number of hydrogen-bond acceptors (Lipinski definition) is 1. The van der Waals surface area contributed by atoms with Crippen LogP contribution in [0.5, 0.6) is 0 Å². The molecule has 0 heterocycles. The van der Waals surface area contributed by atoms with Crippen molar-refractivity contribution in [3.63, 3.8) is 0 Å². The van der Waals surface area contributed by atoms with Crippen LogP contribution in [0.3, 0.4) is 0 Å². The second kappa shape index (κ2) is 5.14. The topological polar surface area (TPSA) is 29.1 Å². The van der Waals surface area contributed by atoms with Gasteiger partial charge in [0.1, 0.15) is 5.82 Å². The Hall–Kier alpha value is -1.94. The fourth-order valence-corrected chi connectivity index (χ4v) is 1.59. The fraction of sp³-hybridized carbons (Fsp3) is 0. The molecule has 2 aromatic rings. The van der Waals surface area contributed by atoms with Gasteiger partial charge in [-0.25, -0.2) is 8.78 Å². The molecular formula is C13H8ClF2NO. The van der Waals surface area contributed by atoms with Gasteiger partial charge in [0.25, 0.3) is 5.91 Å². The number of benzene rings is 2. The van der Waals surface area contributed by atoms with Crippen LogP contribution in [0.25, 0.3) is 0 Å². The molecule has 1 amide bonds. The molecule has 0 bridgehead atoms. The molecule has 92 valence electrons. The second-order valence-corrected chi connectivity index (χ2v) is 3.97. The fourth-order valence-electron chi connectivity index (χ4n) is 1.41. The number of hydrogen-bond donors (Lipinski definition) is 1. The summed E-state index contributed by atoms with van der Waals surface area (Å²) < 4.78 is 26.2. The van der Waals surface area contributed by atoms with E-state index in [0.29, 0.717) is 5.69 Å². The van der Waals surface area contributed by atoms with E-state index in [2.05, 4.69) is 5.32 Å². The summed E-state index contributed by atoms with van der Waals surface area (Å²) in [7, 11) is 0. The van der Waals surface area contributed by atoms with Crippen molar-refractivity contribution >= 4 is 23.2 Å². The molecule has 0 aromatic heterocycles. The zero-order valence-electron chi connectivity index (χ0n) is 9.08. The number of amides is 1. The van der Waals surface area contributed by atoms with Gasteiger partial charge in [0.15, 0.2) is 5.82 Å². The van der Waals surface area contributed by atoms with Gasteiger partial charge in [-0.3, -0.25) is 4.79 Å². The highest BCUT2D eigenvalue weighted by Crippen LogP contribution is 2.19. The van der Waals surface area contributed by atoms with Crippen LogP contribution in [0, 0.1) is 11.6 Å². The molecule has 0 saturated carbocycles. The molecule has 2 rings (SSSR count). The lowest BCUT2D eigenvalue weighted by molar-refractivity contribution is 0.102. The molecule has 0 spiro atoms. The van der Waals surface area contributed by atoms with E-state index in [1.807, 2.05) is 0 Å². The van der Waals surface area contributed by atoms with Gasteiger partial charge in [-0.2, -0.15) is 0 Å². The molecular weight excluding hydrogens is 260 g/mol. The lowest BCUT2D eigenvalue weighted by Crippen LogP contribution is -2.13. The predicted molar refractivity (Wildman–Crippen MR) is 65.8 cm³/mol. The van der Waals surface area contributed by atoms with E-state index in [1.165, 1.54) is 42.5 Å². The van der Waals surface area contributed by atoms with Crippen molar-refractivity contribution in [1.82, 2.24) is 0 Å². The van der Waals surface area contributed by atoms with Crippen molar-refractivity contribution in [2.75, 3.05) is 5.32 Å². The molecule has 0 atom stereocenters. The van der Waals surface area contributed by atoms with E-state index in [9.17, 15) is 13.6 Å². The molecule has 5 heteroatoms. The molecule has 0 aliphatic heterocycles. The first-order chi connectivity index (χ1) is 8.58. The van der Waals surface area contributed by atoms with E-state index < -0.39 is 17.5 Å². The summed E-state index contributed by atoms with van der Waals surface area (Å²) in [5, 5.41) is 2.33. The van der Waals surface area contributed by atoms with Crippen LogP contribution in [-0.2, 0) is 0 Å². The van der Waals surface area contributed by atoms with Gasteiger partial charge >= 0.3 is 0 Å². The largest absolute Gasteiger partial charge is 0.322 e. The van der Waals surface area contributed by atoms with E-state index in [4.69, 9.17) is 11.6 Å². The summed E-state index contributed by atoms with van der Waals surface area (Å²) in [6.07, 6.45) is 0. The van der Waals surface area contributed by atoms with Crippen molar-refractivity contribution in [1.29, 1.82) is 0 Å². The molecule has 0 unspecified atom stereocenters. The van der Waals surface area contributed by atoms with Gasteiger partial charge in [0, 0.05) is 5.69 Å². The normalized spacial score (nSPS) is 10.2. The number of rotatable bonds is 2. The first-order valence-electron chi connectivity index (χ1n) is 5.09. The quantitative estimate of drug-likeness (QED) is 0.879. The Morgan fingerprint density at radius 1 is 1.06 bits per heavy atom. The van der Waals surface area contributed by atoms with Gasteiger partial charge in [-0.1, -0.05) is 17.7 Å². The lowest BCUT2D eigenvalue weighted by Gasteiger charge is -2.06. The van der Waals surface area contributed by atoms with Crippen molar-refractivity contribution in [3.8, 4) is 0 Å². The Kier molecular flexibility index (Phi) is 3.58. The molecule has 2 nitrogen and oxygen atoms in total. The lowest BCUT2D eigenvalue weighted by atomic mass is 10.2. The minimum Gasteiger partial charge on any atom is -0.322 e. The third-order valence-electron chi connectivity index (χ3n) is 2.30. The maximum atomic E-state index is 13.6. The maximum absolute atomic E-state index is 13.6. The number of nitrogens with one attached hydrogen (secondary N) is 1. The highest BCUT2D eigenvalue weighted by molar-refractivity contribution is 6.31. The van der Waals surface area contributed by atoms with Gasteiger partial charge in [-0.05, 0) is 36.4 Å². The van der Waals surface area contributed by atoms with Crippen molar-refractivity contribution < 1.29 is 13.6 Å². The second-order valence-electron chi connectivity index (χ2n) is 3.56. The van der Waals surface area contributed by atoms with Crippen LogP contribution >= 0.6 is 11.6 Å². The Bertz CT molecular complexity index is 584. The summed E-state index contributed by atoms with van der Waals surface area (Å²) in [5.41, 5.74) is 0.215. The van der Waals surface area contributed by atoms with Crippen LogP contribution in [0.4, 0.5) is 14.5 Å². The number of carbonyl (C=O) groups excluding carboxylic acids is 1. The molecule has 0 aliphatic rings. The first kappa shape index (κ1) is 12.5. The summed E-state index contributed by atoms with van der Waals surface area (Å²) in [5.74, 6) is -1.83. The van der Waals surface area contributed by atoms with E-state index in [0.717, 1.165) is 0 Å². The van der Waals surface area contributed by atoms with E-state index in [1.54, 1.807) is 0 Å². The average Bonchev–Trinajstić information content (AvgIpc) is 2.35. The van der Waals surface area contributed by atoms with Crippen LogP contribution in [0.2, 0.25) is 5.02 Å². The zero-order chi connectivity index (χ0) is 13.1. The maximum Gasteiger partial charge on any atom is 0.258 e. The molecule has 0 aliphatic carbocycles. The molecule has 0 radical (unpaired) electrons. The number of carbonyl (C=O) groups is 1. The van der Waals surface area contributed by atoms with E-state index in [-0.39, 0.29) is 10.6 Å². The Labute approximate surface area is 107 Å². The Morgan fingerprint density at radius 3 is 2.39 bits per heavy atom. The van der Waals surface area contributed by atoms with Crippen LogP contribution in [0.1, 0.15) is 10.4 Å². The SMILES string of the molecule is O=C(Nc1ccc(F)cc1)c1cccc(Cl)c1F. The van der Waals surface area contributed by atoms with Crippen molar-refractivity contribution in [2.24, 2.45) is 0 Å². The van der Waals surface area contributed by atoms with Gasteiger partial charge < -0.3 is 5.32 Å². The van der Waals surface area contributed by atoms with Crippen molar-refractivity contribution in [3.05, 3.63) is 64.7 Å². The minimum absolute atomic E-state index is 0.123. The third kappa shape index (κ3) is 2.65. The Morgan fingerprint density at radius 2 is 1.72 bits per heavy atom. The highest BCUT2D eigenvalue weighted by atomic mass is 35.5. The van der Waals surface area contributed by atoms with Crippen LogP contribution < -0.4 is 5.32 Å². The smallest absolute Gasteiger partial charge is 0.258 e. The summed E-state index contributed by atoms with van der Waals surface area (Å²) in [6.45, 7) is 0. The third-order valence-corrected chi connectivity index (χ3v) is 2.59. The van der Waals surface area contributed by atoms with E-state index >= 15 is 0 Å². The van der Waals surface area contributed by atoms with Gasteiger partial charge in [0.05, 0.1) is 10.6 Å². The Balaban J connectivity index is 2.22. The standard InChI is InChI=1S/C13H8ClF2NO/c14-11-3-1-2-10(12(11)16)13(18)17-9-6-4-8(15)5-7-9/h1-7H,(H,17,18). The molecule has 18 heavy (non-hydrogen) atoms. The summed E-state index contributed by atoms with van der Waals surface area (Å²) in [6, 6.07) is 9.32. The number of anilines is 1. The molecule has 2 aromatic carbocycles. The first-order valence-corrected chi connectivity index (χ1v) is 5.46. The molecule has 0 fully saturated rings. The monoisotopic (exact) mass is 267 g/mol. The summed E-state index contributed by atoms with van der Waals surface area (Å²) >= 11 is 5.58. The molecule has 0 saturated heterocycles. The summed E-state index contributed by atoms with van der Waals surface area (Å²) in [4.78, 5) is 11.8. The van der Waals surface area contributed by atoms with Gasteiger partial charge in [-0.15, -0.1) is 0 Å². The minimum atomic E-state index is -0.779. The van der Waals surface area contributed by atoms with Crippen LogP contribution in [-0.4, -0.2) is 5.91 Å². The van der Waals surface area contributed by atoms with Gasteiger partial charge in [0.2, 0.25) is 0 Å². The predicted octanol–water partition coefficient (Wildman–Crippen LogP) is 3.87. The highest BCUT2D eigenvalue weighted by Gasteiger charge is 2.14. The zero-order valence-corrected chi connectivity index (χ0v) is 9.84. The molecule has 1 N–H and O–H groups in total. The van der Waals surface area contributed by atoms with Crippen molar-refractivity contribution in [2.45, 2.75) is 0 Å².